The van der Waals surface area contributed by atoms with E-state index < -0.39 is 0 Å². The highest BCUT2D eigenvalue weighted by Gasteiger charge is 2.19. The van der Waals surface area contributed by atoms with Gasteiger partial charge in [-0.05, 0) is 38.1 Å². The number of anilines is 1. The SMILES string of the molecule is Cc1nc(-c2cccc(NC(=O)c3cn(C4CCNCC4)nn3)c2)no1. The van der Waals surface area contributed by atoms with Crippen molar-refractivity contribution in [1.82, 2.24) is 30.5 Å². The van der Waals surface area contributed by atoms with Crippen molar-refractivity contribution in [2.45, 2.75) is 25.8 Å². The number of aromatic nitrogens is 5. The quantitative estimate of drug-likeness (QED) is 0.736. The largest absolute Gasteiger partial charge is 0.339 e. The predicted molar refractivity (Wildman–Crippen MR) is 93.6 cm³/mol. The van der Waals surface area contributed by atoms with E-state index in [9.17, 15) is 4.79 Å². The summed E-state index contributed by atoms with van der Waals surface area (Å²) in [5.41, 5.74) is 1.69. The second kappa shape index (κ2) is 7.04. The first-order chi connectivity index (χ1) is 12.7. The average molecular weight is 353 g/mol. The van der Waals surface area contributed by atoms with Crippen molar-refractivity contribution in [2.75, 3.05) is 18.4 Å². The van der Waals surface area contributed by atoms with Gasteiger partial charge in [0.1, 0.15) is 0 Å². The van der Waals surface area contributed by atoms with E-state index in [1.165, 1.54) is 0 Å². The zero-order valence-corrected chi connectivity index (χ0v) is 14.3. The minimum Gasteiger partial charge on any atom is -0.339 e. The maximum Gasteiger partial charge on any atom is 0.277 e. The molecule has 1 aromatic carbocycles. The van der Waals surface area contributed by atoms with Gasteiger partial charge in [-0.25, -0.2) is 4.68 Å². The molecule has 1 amide bonds. The van der Waals surface area contributed by atoms with Crippen LogP contribution in [-0.2, 0) is 0 Å². The highest BCUT2D eigenvalue weighted by Crippen LogP contribution is 2.21. The summed E-state index contributed by atoms with van der Waals surface area (Å²) in [5.74, 6) is 0.672. The van der Waals surface area contributed by atoms with Crippen LogP contribution in [0.25, 0.3) is 11.4 Å². The van der Waals surface area contributed by atoms with Crippen LogP contribution in [0.3, 0.4) is 0 Å². The first-order valence-electron chi connectivity index (χ1n) is 8.54. The molecule has 3 aromatic rings. The van der Waals surface area contributed by atoms with Crippen LogP contribution < -0.4 is 10.6 Å². The van der Waals surface area contributed by atoms with E-state index in [-0.39, 0.29) is 11.9 Å². The van der Waals surface area contributed by atoms with E-state index in [1.807, 2.05) is 12.1 Å². The Morgan fingerprint density at radius 2 is 2.19 bits per heavy atom. The highest BCUT2D eigenvalue weighted by atomic mass is 16.5. The molecule has 134 valence electrons. The topological polar surface area (TPSA) is 111 Å². The van der Waals surface area contributed by atoms with Gasteiger partial charge in [0, 0.05) is 18.2 Å². The van der Waals surface area contributed by atoms with Crippen molar-refractivity contribution in [1.29, 1.82) is 0 Å². The van der Waals surface area contributed by atoms with Gasteiger partial charge in [-0.3, -0.25) is 4.79 Å². The molecule has 1 aliphatic rings. The summed E-state index contributed by atoms with van der Waals surface area (Å²) in [6.07, 6.45) is 3.67. The van der Waals surface area contributed by atoms with Crippen LogP contribution >= 0.6 is 0 Å². The molecule has 4 rings (SSSR count). The normalized spacial score (nSPS) is 15.1. The molecule has 2 aromatic heterocycles. The second-order valence-corrected chi connectivity index (χ2v) is 6.24. The van der Waals surface area contributed by atoms with E-state index in [0.29, 0.717) is 23.1 Å². The third kappa shape index (κ3) is 3.47. The van der Waals surface area contributed by atoms with Crippen molar-refractivity contribution in [2.24, 2.45) is 0 Å². The number of hydrogen-bond acceptors (Lipinski definition) is 7. The predicted octanol–water partition coefficient (Wildman–Crippen LogP) is 1.81. The van der Waals surface area contributed by atoms with Crippen molar-refractivity contribution < 1.29 is 9.32 Å². The van der Waals surface area contributed by atoms with Gasteiger partial charge in [-0.2, -0.15) is 4.98 Å². The monoisotopic (exact) mass is 353 g/mol. The average Bonchev–Trinajstić information content (AvgIpc) is 3.32. The van der Waals surface area contributed by atoms with Gasteiger partial charge in [-0.1, -0.05) is 22.5 Å². The molecule has 26 heavy (non-hydrogen) atoms. The molecule has 0 aliphatic carbocycles. The zero-order valence-electron chi connectivity index (χ0n) is 14.3. The minimum atomic E-state index is -0.299. The smallest absolute Gasteiger partial charge is 0.277 e. The van der Waals surface area contributed by atoms with Gasteiger partial charge in [-0.15, -0.1) is 5.10 Å². The third-order valence-corrected chi connectivity index (χ3v) is 4.33. The lowest BCUT2D eigenvalue weighted by atomic mass is 10.1. The Labute approximate surface area is 149 Å². The Morgan fingerprint density at radius 1 is 1.35 bits per heavy atom. The van der Waals surface area contributed by atoms with Gasteiger partial charge >= 0.3 is 0 Å². The van der Waals surface area contributed by atoms with Crippen LogP contribution in [-0.4, -0.2) is 44.1 Å². The molecule has 9 heteroatoms. The van der Waals surface area contributed by atoms with Crippen molar-refractivity contribution in [3.63, 3.8) is 0 Å². The maximum atomic E-state index is 12.5. The van der Waals surface area contributed by atoms with E-state index in [4.69, 9.17) is 4.52 Å². The number of hydrogen-bond donors (Lipinski definition) is 2. The zero-order chi connectivity index (χ0) is 17.9. The van der Waals surface area contributed by atoms with E-state index in [1.54, 1.807) is 29.9 Å². The molecule has 0 saturated carbocycles. The lowest BCUT2D eigenvalue weighted by Gasteiger charge is -2.22. The number of rotatable bonds is 4. The first kappa shape index (κ1) is 16.4. The number of carbonyl (C=O) groups is 1. The van der Waals surface area contributed by atoms with Gasteiger partial charge in [0.2, 0.25) is 11.7 Å². The summed E-state index contributed by atoms with van der Waals surface area (Å²) < 4.78 is 6.78. The Kier molecular flexibility index (Phi) is 4.44. The Morgan fingerprint density at radius 3 is 2.96 bits per heavy atom. The lowest BCUT2D eigenvalue weighted by molar-refractivity contribution is 0.102. The van der Waals surface area contributed by atoms with E-state index in [0.717, 1.165) is 31.5 Å². The summed E-state index contributed by atoms with van der Waals surface area (Å²) in [7, 11) is 0. The van der Waals surface area contributed by atoms with Crippen LogP contribution in [0.5, 0.6) is 0 Å². The highest BCUT2D eigenvalue weighted by molar-refractivity contribution is 6.02. The molecule has 1 saturated heterocycles. The molecule has 0 bridgehead atoms. The molecule has 0 spiro atoms. The Hall–Kier alpha value is -3.07. The maximum absolute atomic E-state index is 12.5. The van der Waals surface area contributed by atoms with E-state index >= 15 is 0 Å². The molecule has 0 unspecified atom stereocenters. The van der Waals surface area contributed by atoms with Crippen LogP contribution in [0.15, 0.2) is 35.0 Å². The van der Waals surface area contributed by atoms with Crippen LogP contribution in [0, 0.1) is 6.92 Å². The minimum absolute atomic E-state index is 0.287. The van der Waals surface area contributed by atoms with Gasteiger partial charge in [0.15, 0.2) is 5.69 Å². The lowest BCUT2D eigenvalue weighted by Crippen LogP contribution is -2.29. The molecule has 1 aliphatic heterocycles. The van der Waals surface area contributed by atoms with Gasteiger partial charge in [0.05, 0.1) is 12.2 Å². The fourth-order valence-electron chi connectivity index (χ4n) is 2.98. The number of amides is 1. The van der Waals surface area contributed by atoms with Crippen LogP contribution in [0.2, 0.25) is 0 Å². The van der Waals surface area contributed by atoms with Gasteiger partial charge in [0.25, 0.3) is 5.91 Å². The second-order valence-electron chi connectivity index (χ2n) is 6.24. The molecule has 9 nitrogen and oxygen atoms in total. The Balaban J connectivity index is 1.47. The number of nitrogens with zero attached hydrogens (tertiary/aromatic N) is 5. The standard InChI is InChI=1S/C17H19N7O2/c1-11-19-16(22-26-11)12-3-2-4-13(9-12)20-17(25)15-10-24(23-21-15)14-5-7-18-8-6-14/h2-4,9-10,14,18H,5-8H2,1H3,(H,20,25). The fraction of sp³-hybridized carbons (Fsp3) is 0.353. The number of piperidine rings is 1. The molecule has 1 fully saturated rings. The van der Waals surface area contributed by atoms with Crippen LogP contribution in [0.4, 0.5) is 5.69 Å². The number of aryl methyl sites for hydroxylation is 1. The molecule has 3 heterocycles. The summed E-state index contributed by atoms with van der Waals surface area (Å²) >= 11 is 0. The number of nitrogens with one attached hydrogen (secondary N) is 2. The fourth-order valence-corrected chi connectivity index (χ4v) is 2.98. The van der Waals surface area contributed by atoms with Gasteiger partial charge < -0.3 is 15.2 Å². The first-order valence-corrected chi connectivity index (χ1v) is 8.54. The summed E-state index contributed by atoms with van der Waals surface area (Å²) in [4.78, 5) is 16.7. The molecular weight excluding hydrogens is 334 g/mol. The van der Waals surface area contributed by atoms with Crippen molar-refractivity contribution >= 4 is 11.6 Å². The molecular formula is C17H19N7O2. The molecule has 2 N–H and O–H groups in total. The summed E-state index contributed by atoms with van der Waals surface area (Å²) in [6, 6.07) is 7.55. The number of carbonyl (C=O) groups excluding carboxylic acids is 1. The molecule has 0 atom stereocenters. The Bertz CT molecular complexity index is 911. The third-order valence-electron chi connectivity index (χ3n) is 4.33. The number of benzene rings is 1. The summed E-state index contributed by atoms with van der Waals surface area (Å²) in [5, 5.41) is 18.2. The van der Waals surface area contributed by atoms with Crippen LogP contribution in [0.1, 0.15) is 35.3 Å². The summed E-state index contributed by atoms with van der Waals surface area (Å²) in [6.45, 7) is 3.64. The van der Waals surface area contributed by atoms with Crippen molar-refractivity contribution in [3.8, 4) is 11.4 Å². The molecule has 0 radical (unpaired) electrons. The van der Waals surface area contributed by atoms with Crippen molar-refractivity contribution in [3.05, 3.63) is 42.0 Å². The van der Waals surface area contributed by atoms with E-state index in [2.05, 4.69) is 31.1 Å².